The van der Waals surface area contributed by atoms with E-state index in [2.05, 4.69) is 15.5 Å². The molecule has 4 amide bonds. The topological polar surface area (TPSA) is 98.4 Å². The van der Waals surface area contributed by atoms with E-state index in [1.54, 1.807) is 30.5 Å². The van der Waals surface area contributed by atoms with Crippen LogP contribution in [-0.2, 0) is 4.79 Å². The zero-order chi connectivity index (χ0) is 18.1. The largest absolute Gasteiger partial charge is 0.338 e. The third-order valence-corrected chi connectivity index (χ3v) is 4.89. The van der Waals surface area contributed by atoms with Crippen LogP contribution in [-0.4, -0.2) is 52.6 Å². The molecule has 8 heteroatoms. The molecule has 3 heterocycles. The number of nitrogens with one attached hydrogen (secondary N) is 2. The molecule has 2 saturated heterocycles. The molecule has 2 fully saturated rings. The first kappa shape index (κ1) is 16.3. The smallest absolute Gasteiger partial charge is 0.329 e. The van der Waals surface area contributed by atoms with Gasteiger partial charge in [0.25, 0.3) is 5.91 Å². The molecule has 26 heavy (non-hydrogen) atoms. The average Bonchev–Trinajstić information content (AvgIpc) is 3.31. The summed E-state index contributed by atoms with van der Waals surface area (Å²) in [5.41, 5.74) is 2.23. The van der Waals surface area contributed by atoms with Crippen molar-refractivity contribution in [3.8, 4) is 0 Å². The van der Waals surface area contributed by atoms with Crippen LogP contribution in [0.5, 0.6) is 0 Å². The van der Waals surface area contributed by atoms with Gasteiger partial charge in [-0.05, 0) is 43.2 Å². The van der Waals surface area contributed by atoms with Crippen LogP contribution in [0.15, 0.2) is 36.5 Å². The van der Waals surface area contributed by atoms with E-state index < -0.39 is 6.03 Å². The second-order valence-corrected chi connectivity index (χ2v) is 6.59. The number of rotatable bonds is 3. The van der Waals surface area contributed by atoms with Gasteiger partial charge in [-0.15, -0.1) is 0 Å². The first-order valence-electron chi connectivity index (χ1n) is 8.62. The van der Waals surface area contributed by atoms with Crippen molar-refractivity contribution in [3.63, 3.8) is 0 Å². The van der Waals surface area contributed by atoms with Crippen molar-refractivity contribution in [2.24, 2.45) is 0 Å². The molecular weight excluding hydrogens is 334 g/mol. The Labute approximate surface area is 150 Å². The lowest BCUT2D eigenvalue weighted by Gasteiger charge is -2.32. The molecule has 2 N–H and O–H groups in total. The number of H-pyrrole nitrogens is 1. The number of amides is 4. The highest BCUT2D eigenvalue weighted by Gasteiger charge is 2.29. The molecule has 0 saturated carbocycles. The number of carbonyl (C=O) groups is 3. The molecule has 8 nitrogen and oxygen atoms in total. The van der Waals surface area contributed by atoms with Gasteiger partial charge >= 0.3 is 6.03 Å². The van der Waals surface area contributed by atoms with Crippen molar-refractivity contribution in [1.82, 2.24) is 20.4 Å². The van der Waals surface area contributed by atoms with Gasteiger partial charge in [-0.3, -0.25) is 24.9 Å². The van der Waals surface area contributed by atoms with Gasteiger partial charge in [0.2, 0.25) is 5.91 Å². The van der Waals surface area contributed by atoms with Crippen LogP contribution < -0.4 is 10.2 Å². The van der Waals surface area contributed by atoms with Crippen LogP contribution in [0.3, 0.4) is 0 Å². The van der Waals surface area contributed by atoms with Crippen LogP contribution in [0, 0.1) is 0 Å². The van der Waals surface area contributed by atoms with Crippen molar-refractivity contribution in [2.45, 2.75) is 18.8 Å². The zero-order valence-electron chi connectivity index (χ0n) is 14.1. The van der Waals surface area contributed by atoms with Gasteiger partial charge in [-0.25, -0.2) is 4.79 Å². The summed E-state index contributed by atoms with van der Waals surface area (Å²) in [4.78, 5) is 39.0. The van der Waals surface area contributed by atoms with Crippen LogP contribution in [0.25, 0.3) is 0 Å². The molecule has 2 aliphatic heterocycles. The molecule has 134 valence electrons. The standard InChI is InChI=1S/C18H19N5O3/c24-16-11-23(18(26)20-16)14-5-3-12(4-6-14)17(25)22-9-1-2-13(10-22)15-7-8-19-21-15/h3-8,13H,1-2,9-11H2,(H,19,21)(H,20,24,26)/t13-/m1/s1. The minimum Gasteiger partial charge on any atom is -0.338 e. The molecule has 1 aromatic heterocycles. The Kier molecular flexibility index (Phi) is 4.16. The maximum atomic E-state index is 12.8. The fourth-order valence-electron chi connectivity index (χ4n) is 3.53. The summed E-state index contributed by atoms with van der Waals surface area (Å²) in [6.07, 6.45) is 3.71. The van der Waals surface area contributed by atoms with E-state index in [1.165, 1.54) is 4.90 Å². The highest BCUT2D eigenvalue weighted by Crippen LogP contribution is 2.26. The summed E-state index contributed by atoms with van der Waals surface area (Å²) in [6.45, 7) is 1.39. The van der Waals surface area contributed by atoms with Gasteiger partial charge in [0.15, 0.2) is 0 Å². The monoisotopic (exact) mass is 353 g/mol. The minimum absolute atomic E-state index is 0.00408. The molecule has 0 bridgehead atoms. The fourth-order valence-corrected chi connectivity index (χ4v) is 3.53. The van der Waals surface area contributed by atoms with E-state index >= 15 is 0 Å². The number of nitrogens with zero attached hydrogens (tertiary/aromatic N) is 3. The van der Waals surface area contributed by atoms with Crippen molar-refractivity contribution in [2.75, 3.05) is 24.5 Å². The molecule has 0 unspecified atom stereocenters. The minimum atomic E-state index is -0.437. The van der Waals surface area contributed by atoms with Gasteiger partial charge in [-0.2, -0.15) is 5.10 Å². The van der Waals surface area contributed by atoms with Crippen LogP contribution in [0.2, 0.25) is 0 Å². The molecule has 0 radical (unpaired) electrons. The van der Waals surface area contributed by atoms with Crippen molar-refractivity contribution >= 4 is 23.5 Å². The quantitative estimate of drug-likeness (QED) is 0.817. The lowest BCUT2D eigenvalue weighted by atomic mass is 9.94. The van der Waals surface area contributed by atoms with Crippen LogP contribution in [0.4, 0.5) is 10.5 Å². The second-order valence-electron chi connectivity index (χ2n) is 6.59. The van der Waals surface area contributed by atoms with E-state index in [0.29, 0.717) is 17.8 Å². The van der Waals surface area contributed by atoms with Gasteiger partial charge in [-0.1, -0.05) is 0 Å². The fraction of sp³-hybridized carbons (Fsp3) is 0.333. The Morgan fingerprint density at radius 2 is 1.96 bits per heavy atom. The van der Waals surface area contributed by atoms with Gasteiger partial charge in [0, 0.05) is 42.1 Å². The number of anilines is 1. The predicted octanol–water partition coefficient (Wildman–Crippen LogP) is 1.49. The molecule has 0 spiro atoms. The first-order chi connectivity index (χ1) is 12.6. The SMILES string of the molecule is O=C1CN(c2ccc(C(=O)N3CCC[C@@H](c4ccn[nH]4)C3)cc2)C(=O)N1. The number of carbonyl (C=O) groups excluding carboxylic acids is 3. The average molecular weight is 353 g/mol. The van der Waals surface area contributed by atoms with E-state index in [-0.39, 0.29) is 24.3 Å². The maximum absolute atomic E-state index is 12.8. The lowest BCUT2D eigenvalue weighted by Crippen LogP contribution is -2.39. The number of aromatic amines is 1. The summed E-state index contributed by atoms with van der Waals surface area (Å²) >= 11 is 0. The second kappa shape index (κ2) is 6.62. The molecule has 2 aliphatic rings. The summed E-state index contributed by atoms with van der Waals surface area (Å²) in [7, 11) is 0. The Balaban J connectivity index is 1.46. The summed E-state index contributed by atoms with van der Waals surface area (Å²) in [6, 6.07) is 8.31. The Morgan fingerprint density at radius 1 is 1.15 bits per heavy atom. The summed E-state index contributed by atoms with van der Waals surface area (Å²) < 4.78 is 0. The predicted molar refractivity (Wildman–Crippen MR) is 93.8 cm³/mol. The van der Waals surface area contributed by atoms with E-state index in [9.17, 15) is 14.4 Å². The number of imide groups is 1. The Bertz CT molecular complexity index is 831. The number of piperidine rings is 1. The number of likely N-dealkylation sites (tertiary alicyclic amines) is 1. The Hall–Kier alpha value is -3.16. The molecule has 1 atom stereocenters. The third-order valence-electron chi connectivity index (χ3n) is 4.89. The number of benzene rings is 1. The highest BCUT2D eigenvalue weighted by atomic mass is 16.2. The van der Waals surface area contributed by atoms with Crippen LogP contribution in [0.1, 0.15) is 34.8 Å². The van der Waals surface area contributed by atoms with Crippen molar-refractivity contribution in [3.05, 3.63) is 47.8 Å². The normalized spacial score (nSPS) is 20.4. The number of urea groups is 1. The number of hydrogen-bond acceptors (Lipinski definition) is 4. The maximum Gasteiger partial charge on any atom is 0.329 e. The number of aromatic nitrogens is 2. The third kappa shape index (κ3) is 3.05. The molecule has 2 aromatic rings. The number of hydrogen-bond donors (Lipinski definition) is 2. The van der Waals surface area contributed by atoms with Gasteiger partial charge in [0.1, 0.15) is 6.54 Å². The lowest BCUT2D eigenvalue weighted by molar-refractivity contribution is -0.117. The van der Waals surface area contributed by atoms with E-state index in [4.69, 9.17) is 0 Å². The first-order valence-corrected chi connectivity index (χ1v) is 8.62. The Morgan fingerprint density at radius 3 is 2.62 bits per heavy atom. The zero-order valence-corrected chi connectivity index (χ0v) is 14.1. The summed E-state index contributed by atoms with van der Waals surface area (Å²) in [5.74, 6) is -0.0789. The molecule has 1 aromatic carbocycles. The van der Waals surface area contributed by atoms with Crippen LogP contribution >= 0.6 is 0 Å². The highest BCUT2D eigenvalue weighted by molar-refractivity contribution is 6.12. The van der Waals surface area contributed by atoms with E-state index in [0.717, 1.165) is 25.1 Å². The van der Waals surface area contributed by atoms with E-state index in [1.807, 2.05) is 11.0 Å². The van der Waals surface area contributed by atoms with Crippen molar-refractivity contribution < 1.29 is 14.4 Å². The van der Waals surface area contributed by atoms with Gasteiger partial charge in [0.05, 0.1) is 0 Å². The van der Waals surface area contributed by atoms with Gasteiger partial charge < -0.3 is 4.90 Å². The molecule has 0 aliphatic carbocycles. The molecule has 4 rings (SSSR count). The molecular formula is C18H19N5O3. The summed E-state index contributed by atoms with van der Waals surface area (Å²) in [5, 5.41) is 9.23. The van der Waals surface area contributed by atoms with Crippen molar-refractivity contribution in [1.29, 1.82) is 0 Å².